The summed E-state index contributed by atoms with van der Waals surface area (Å²) in [5.74, 6) is 0.957. The topological polar surface area (TPSA) is 26.3 Å². The summed E-state index contributed by atoms with van der Waals surface area (Å²) in [7, 11) is 0. The van der Waals surface area contributed by atoms with E-state index in [1.165, 1.54) is 11.1 Å². The van der Waals surface area contributed by atoms with Crippen molar-refractivity contribution in [1.29, 1.82) is 0 Å². The minimum Gasteiger partial charge on any atom is -0.492 e. The first-order chi connectivity index (χ1) is 7.59. The van der Waals surface area contributed by atoms with E-state index in [1.54, 1.807) is 0 Å². The van der Waals surface area contributed by atoms with Crippen molar-refractivity contribution < 1.29 is 9.53 Å². The molecule has 0 saturated carbocycles. The molecule has 86 valence electrons. The molecular formula is C12H12BrClO2. The Morgan fingerprint density at radius 3 is 3.06 bits per heavy atom. The number of halogens is 2. The molecule has 0 saturated heterocycles. The van der Waals surface area contributed by atoms with Gasteiger partial charge in [-0.3, -0.25) is 4.79 Å². The molecule has 2 rings (SSSR count). The molecule has 0 atom stereocenters. The van der Waals surface area contributed by atoms with Gasteiger partial charge >= 0.3 is 0 Å². The highest BCUT2D eigenvalue weighted by atomic mass is 79.9. The van der Waals surface area contributed by atoms with Crippen LogP contribution >= 0.6 is 27.5 Å². The molecule has 2 nitrogen and oxygen atoms in total. The minimum atomic E-state index is -0.285. The number of rotatable bonds is 3. The van der Waals surface area contributed by atoms with Gasteiger partial charge in [-0.05, 0) is 57.6 Å². The van der Waals surface area contributed by atoms with Crippen molar-refractivity contribution in [3.63, 3.8) is 0 Å². The lowest BCUT2D eigenvalue weighted by Gasteiger charge is -2.11. The molecule has 16 heavy (non-hydrogen) atoms. The second-order valence-corrected chi connectivity index (χ2v) is 5.13. The lowest BCUT2D eigenvalue weighted by molar-refractivity contribution is -0.111. The highest BCUT2D eigenvalue weighted by Gasteiger charge is 2.19. The zero-order valence-corrected chi connectivity index (χ0v) is 11.3. The summed E-state index contributed by atoms with van der Waals surface area (Å²) >= 11 is 8.91. The average molecular weight is 304 g/mol. The fourth-order valence-electron chi connectivity index (χ4n) is 1.93. The van der Waals surface area contributed by atoms with Gasteiger partial charge < -0.3 is 4.74 Å². The van der Waals surface area contributed by atoms with Crippen molar-refractivity contribution in [1.82, 2.24) is 0 Å². The summed E-state index contributed by atoms with van der Waals surface area (Å²) in [5.41, 5.74) is 3.53. The van der Waals surface area contributed by atoms with E-state index >= 15 is 0 Å². The highest BCUT2D eigenvalue weighted by Crippen LogP contribution is 2.38. The van der Waals surface area contributed by atoms with Crippen molar-refractivity contribution in [2.75, 3.05) is 6.61 Å². The highest BCUT2D eigenvalue weighted by molar-refractivity contribution is 9.10. The number of fused-ring (bicyclic) bond motifs is 1. The van der Waals surface area contributed by atoms with Gasteiger partial charge in [0.05, 0.1) is 11.1 Å². The third-order valence-corrected chi connectivity index (χ3v) is 4.00. The lowest BCUT2D eigenvalue weighted by atomic mass is 10.00. The average Bonchev–Trinajstić information content (AvgIpc) is 2.69. The van der Waals surface area contributed by atoms with Gasteiger partial charge in [0.2, 0.25) is 5.24 Å². The summed E-state index contributed by atoms with van der Waals surface area (Å²) < 4.78 is 6.56. The minimum absolute atomic E-state index is 0.285. The van der Waals surface area contributed by atoms with E-state index in [1.807, 2.05) is 6.92 Å². The van der Waals surface area contributed by atoms with Gasteiger partial charge in [0, 0.05) is 12.8 Å². The van der Waals surface area contributed by atoms with Crippen LogP contribution in [0.1, 0.15) is 23.1 Å². The van der Waals surface area contributed by atoms with Crippen LogP contribution in [0.15, 0.2) is 10.5 Å². The Morgan fingerprint density at radius 2 is 2.38 bits per heavy atom. The fraction of sp³-hybridized carbons (Fsp3) is 0.417. The predicted molar refractivity (Wildman–Crippen MR) is 67.3 cm³/mol. The van der Waals surface area contributed by atoms with Gasteiger partial charge in [-0.15, -0.1) is 0 Å². The van der Waals surface area contributed by atoms with Gasteiger partial charge in [-0.25, -0.2) is 0 Å². The number of hydrogen-bond acceptors (Lipinski definition) is 2. The van der Waals surface area contributed by atoms with Crippen LogP contribution in [-0.4, -0.2) is 11.8 Å². The molecule has 4 heteroatoms. The monoisotopic (exact) mass is 302 g/mol. The summed E-state index contributed by atoms with van der Waals surface area (Å²) in [6.45, 7) is 2.77. The Bertz CT molecular complexity index is 443. The zero-order valence-electron chi connectivity index (χ0n) is 8.98. The molecule has 0 amide bonds. The van der Waals surface area contributed by atoms with Crippen LogP contribution in [-0.2, 0) is 17.6 Å². The van der Waals surface area contributed by atoms with Gasteiger partial charge in [-0.2, -0.15) is 0 Å². The second-order valence-electron chi connectivity index (χ2n) is 3.92. The number of benzene rings is 1. The maximum Gasteiger partial charge on any atom is 0.221 e. The standard InChI is InChI=1S/C12H12BrClO2/c1-7-8(2-3-10(14)15)6-9-4-5-16-12(9)11(7)13/h6H,2-5H2,1H3. The number of carbonyl (C=O) groups excluding carboxylic acids is 1. The Labute approximate surface area is 108 Å². The van der Waals surface area contributed by atoms with E-state index in [9.17, 15) is 4.79 Å². The summed E-state index contributed by atoms with van der Waals surface area (Å²) in [6.07, 6.45) is 2.02. The van der Waals surface area contributed by atoms with E-state index in [4.69, 9.17) is 16.3 Å². The van der Waals surface area contributed by atoms with E-state index in [0.717, 1.165) is 28.8 Å². The predicted octanol–water partition coefficient (Wildman–Crippen LogP) is 3.39. The van der Waals surface area contributed by atoms with Gasteiger partial charge in [0.1, 0.15) is 5.75 Å². The van der Waals surface area contributed by atoms with Crippen LogP contribution in [0, 0.1) is 6.92 Å². The quantitative estimate of drug-likeness (QED) is 0.800. The molecule has 0 aromatic heterocycles. The van der Waals surface area contributed by atoms with E-state index < -0.39 is 0 Å². The molecule has 1 aliphatic rings. The third-order valence-electron chi connectivity index (χ3n) is 2.86. The van der Waals surface area contributed by atoms with E-state index in [2.05, 4.69) is 22.0 Å². The third kappa shape index (κ3) is 2.25. The van der Waals surface area contributed by atoms with Crippen molar-refractivity contribution in [3.05, 3.63) is 27.2 Å². The first-order valence-electron chi connectivity index (χ1n) is 5.21. The maximum atomic E-state index is 10.8. The molecule has 1 aromatic rings. The van der Waals surface area contributed by atoms with E-state index in [-0.39, 0.29) is 5.24 Å². The van der Waals surface area contributed by atoms with Crippen molar-refractivity contribution in [2.24, 2.45) is 0 Å². The van der Waals surface area contributed by atoms with Gasteiger partial charge in [-0.1, -0.05) is 6.07 Å². The van der Waals surface area contributed by atoms with Gasteiger partial charge in [0.25, 0.3) is 0 Å². The Hall–Kier alpha value is -0.540. The first-order valence-corrected chi connectivity index (χ1v) is 6.38. The normalized spacial score (nSPS) is 13.4. The molecule has 0 unspecified atom stereocenters. The molecule has 1 aliphatic heterocycles. The van der Waals surface area contributed by atoms with Crippen LogP contribution in [0.3, 0.4) is 0 Å². The van der Waals surface area contributed by atoms with Crippen LogP contribution in [0.5, 0.6) is 5.75 Å². The first kappa shape index (κ1) is 11.9. The molecule has 0 aliphatic carbocycles. The van der Waals surface area contributed by atoms with E-state index in [0.29, 0.717) is 12.8 Å². The molecule has 0 fully saturated rings. The SMILES string of the molecule is Cc1c(CCC(=O)Cl)cc2c(c1Br)OCC2. The Kier molecular flexibility index (Phi) is 3.55. The fourth-order valence-corrected chi connectivity index (χ4v) is 2.65. The second kappa shape index (κ2) is 4.76. The lowest BCUT2D eigenvalue weighted by Crippen LogP contribution is -1.97. The Morgan fingerprint density at radius 1 is 1.62 bits per heavy atom. The van der Waals surface area contributed by atoms with Crippen LogP contribution in [0.4, 0.5) is 0 Å². The van der Waals surface area contributed by atoms with Crippen molar-refractivity contribution >= 4 is 32.8 Å². The molecule has 0 spiro atoms. The smallest absolute Gasteiger partial charge is 0.221 e. The van der Waals surface area contributed by atoms with Crippen LogP contribution < -0.4 is 4.74 Å². The molecule has 1 aromatic carbocycles. The van der Waals surface area contributed by atoms with Gasteiger partial charge in [0.15, 0.2) is 0 Å². The summed E-state index contributed by atoms with van der Waals surface area (Å²) in [6, 6.07) is 2.13. The molecule has 0 N–H and O–H groups in total. The zero-order chi connectivity index (χ0) is 11.7. The number of hydrogen-bond donors (Lipinski definition) is 0. The number of ether oxygens (including phenoxy) is 1. The molecular weight excluding hydrogens is 291 g/mol. The van der Waals surface area contributed by atoms with Crippen LogP contribution in [0.2, 0.25) is 0 Å². The van der Waals surface area contributed by atoms with Crippen LogP contribution in [0.25, 0.3) is 0 Å². The summed E-state index contributed by atoms with van der Waals surface area (Å²) in [4.78, 5) is 10.8. The molecule has 0 bridgehead atoms. The van der Waals surface area contributed by atoms with Crippen molar-refractivity contribution in [3.8, 4) is 5.75 Å². The Balaban J connectivity index is 2.32. The molecule has 0 radical (unpaired) electrons. The number of aryl methyl sites for hydroxylation is 1. The van der Waals surface area contributed by atoms with Crippen molar-refractivity contribution in [2.45, 2.75) is 26.2 Å². The summed E-state index contributed by atoms with van der Waals surface area (Å²) in [5, 5.41) is -0.285. The largest absolute Gasteiger partial charge is 0.492 e. The molecule has 1 heterocycles. The number of carbonyl (C=O) groups is 1. The maximum absolute atomic E-state index is 10.8.